The van der Waals surface area contributed by atoms with Gasteiger partial charge in [0.1, 0.15) is 22.6 Å². The molecule has 1 fully saturated rings. The van der Waals surface area contributed by atoms with Gasteiger partial charge in [0, 0.05) is 30.1 Å². The predicted molar refractivity (Wildman–Crippen MR) is 141 cm³/mol. The van der Waals surface area contributed by atoms with Crippen LogP contribution < -0.4 is 10.6 Å². The van der Waals surface area contributed by atoms with Gasteiger partial charge in [-0.2, -0.15) is 0 Å². The first-order chi connectivity index (χ1) is 16.9. The van der Waals surface area contributed by atoms with Crippen molar-refractivity contribution in [3.63, 3.8) is 0 Å². The summed E-state index contributed by atoms with van der Waals surface area (Å²) in [5.41, 5.74) is 9.19. The molecule has 1 saturated heterocycles. The van der Waals surface area contributed by atoms with Crippen molar-refractivity contribution in [3.8, 4) is 0 Å². The van der Waals surface area contributed by atoms with Gasteiger partial charge >= 0.3 is 5.97 Å². The predicted octanol–water partition coefficient (Wildman–Crippen LogP) is 5.30. The van der Waals surface area contributed by atoms with E-state index in [1.54, 1.807) is 6.08 Å². The molecule has 9 heteroatoms. The Balaban J connectivity index is 1.48. The number of carboxylic acids is 1. The molecule has 1 aliphatic rings. The van der Waals surface area contributed by atoms with Crippen molar-refractivity contribution in [1.82, 2.24) is 9.97 Å². The molecule has 180 valence electrons. The Morgan fingerprint density at radius 3 is 2.40 bits per heavy atom. The molecular weight excluding hydrogens is 485 g/mol. The Morgan fingerprint density at radius 2 is 1.74 bits per heavy atom. The number of aliphatic imine (C=N–C) groups is 1. The molecule has 3 aromatic rings. The van der Waals surface area contributed by atoms with Gasteiger partial charge in [-0.15, -0.1) is 0 Å². The zero-order chi connectivity index (χ0) is 24.8. The number of benzene rings is 2. The van der Waals surface area contributed by atoms with Crippen LogP contribution in [-0.4, -0.2) is 40.0 Å². The van der Waals surface area contributed by atoms with Gasteiger partial charge in [-0.1, -0.05) is 53.5 Å². The number of nitrogens with zero attached hydrogens (tertiary/aromatic N) is 4. The van der Waals surface area contributed by atoms with Crippen molar-refractivity contribution in [2.24, 2.45) is 10.7 Å². The lowest BCUT2D eigenvalue weighted by atomic mass is 10.1. The minimum absolute atomic E-state index is 0.195. The Hall–Kier alpha value is -3.42. The summed E-state index contributed by atoms with van der Waals surface area (Å²) in [6.45, 7) is 1.67. The number of carbonyl (C=O) groups is 1. The molecule has 0 unspecified atom stereocenters. The van der Waals surface area contributed by atoms with Crippen LogP contribution in [0.5, 0.6) is 0 Å². The van der Waals surface area contributed by atoms with Gasteiger partial charge in [0.25, 0.3) is 0 Å². The lowest BCUT2D eigenvalue weighted by Crippen LogP contribution is -2.23. The van der Waals surface area contributed by atoms with Crippen LogP contribution in [-0.2, 0) is 17.6 Å². The summed E-state index contributed by atoms with van der Waals surface area (Å²) in [7, 11) is 0. The Kier molecular flexibility index (Phi) is 8.00. The van der Waals surface area contributed by atoms with Gasteiger partial charge in [-0.05, 0) is 54.3 Å². The van der Waals surface area contributed by atoms with Crippen LogP contribution in [0.25, 0.3) is 6.08 Å². The molecule has 0 aliphatic carbocycles. The molecule has 0 bridgehead atoms. The molecule has 1 aliphatic heterocycles. The van der Waals surface area contributed by atoms with Gasteiger partial charge in [-0.25, -0.2) is 15.0 Å². The normalized spacial score (nSPS) is 14.1. The zero-order valence-corrected chi connectivity index (χ0v) is 20.5. The second-order valence-corrected chi connectivity index (χ2v) is 9.06. The minimum atomic E-state index is -0.956. The highest BCUT2D eigenvalue weighted by molar-refractivity contribution is 6.31. The van der Waals surface area contributed by atoms with Crippen molar-refractivity contribution in [1.29, 1.82) is 0 Å². The summed E-state index contributed by atoms with van der Waals surface area (Å²) in [6.07, 6.45) is 5.96. The summed E-state index contributed by atoms with van der Waals surface area (Å²) >= 11 is 12.3. The van der Waals surface area contributed by atoms with Crippen LogP contribution in [0.4, 0.5) is 11.5 Å². The third-order valence-electron chi connectivity index (χ3n) is 5.59. The number of hydrogen-bond donors (Lipinski definition) is 2. The Morgan fingerprint density at radius 1 is 1.06 bits per heavy atom. The van der Waals surface area contributed by atoms with Gasteiger partial charge < -0.3 is 15.7 Å². The highest BCUT2D eigenvalue weighted by Gasteiger charge is 2.23. The number of rotatable bonds is 8. The molecule has 2 heterocycles. The number of nitrogens with two attached hydrogens (primary N) is 1. The number of anilines is 1. The number of halogens is 2. The number of amidine groups is 1. The molecule has 0 atom stereocenters. The first-order valence-corrected chi connectivity index (χ1v) is 12.0. The van der Waals surface area contributed by atoms with Crippen molar-refractivity contribution in [2.45, 2.75) is 25.7 Å². The Labute approximate surface area is 213 Å². The van der Waals surface area contributed by atoms with E-state index in [4.69, 9.17) is 33.9 Å². The number of aliphatic carboxylic acids is 1. The molecule has 0 spiro atoms. The number of hydrogen-bond acceptors (Lipinski definition) is 5. The maximum Gasteiger partial charge on any atom is 0.308 e. The van der Waals surface area contributed by atoms with Crippen LogP contribution >= 0.6 is 23.2 Å². The summed E-state index contributed by atoms with van der Waals surface area (Å²) in [6, 6.07) is 15.1. The van der Waals surface area contributed by atoms with E-state index in [1.807, 2.05) is 54.6 Å². The quantitative estimate of drug-likeness (QED) is 0.242. The van der Waals surface area contributed by atoms with Gasteiger partial charge in [0.15, 0.2) is 0 Å². The van der Waals surface area contributed by atoms with Crippen molar-refractivity contribution in [3.05, 3.63) is 87.3 Å². The highest BCUT2D eigenvalue weighted by Crippen LogP contribution is 2.29. The lowest BCUT2D eigenvalue weighted by Gasteiger charge is -2.21. The summed E-state index contributed by atoms with van der Waals surface area (Å²) in [5, 5.41) is 10.2. The SMILES string of the molecule is NC(/C=C/c1ccc(Cl)cc1)=Nc1ccc(Cc2nc(Cl)c(CC(=O)O)c(N3CCCC3)n2)cc1. The van der Waals surface area contributed by atoms with E-state index in [1.165, 1.54) is 0 Å². The van der Waals surface area contributed by atoms with Gasteiger partial charge in [0.05, 0.1) is 12.1 Å². The monoisotopic (exact) mass is 509 g/mol. The fourth-order valence-corrected chi connectivity index (χ4v) is 4.25. The molecule has 0 amide bonds. The molecule has 0 saturated carbocycles. The summed E-state index contributed by atoms with van der Waals surface area (Å²) < 4.78 is 0. The van der Waals surface area contributed by atoms with Gasteiger partial charge in [-0.3, -0.25) is 4.79 Å². The Bertz CT molecular complexity index is 1250. The maximum atomic E-state index is 11.3. The molecule has 0 radical (unpaired) electrons. The smallest absolute Gasteiger partial charge is 0.308 e. The fourth-order valence-electron chi connectivity index (χ4n) is 3.87. The second-order valence-electron chi connectivity index (χ2n) is 8.26. The standard InChI is InChI=1S/C26H25Cl2N5O2/c27-19-8-3-17(4-9-19)7-12-22(29)30-20-10-5-18(6-11-20)15-23-31-25(28)21(16-24(34)35)26(32-23)33-13-1-2-14-33/h3-12H,1-2,13-16H2,(H2,29,30)(H,34,35)/b12-7+. The van der Waals surface area contributed by atoms with E-state index in [0.29, 0.717) is 34.5 Å². The molecule has 4 rings (SSSR count). The second kappa shape index (κ2) is 11.3. The first-order valence-electron chi connectivity index (χ1n) is 11.3. The third-order valence-corrected chi connectivity index (χ3v) is 6.15. The molecule has 3 N–H and O–H groups in total. The third kappa shape index (κ3) is 6.81. The van der Waals surface area contributed by atoms with E-state index >= 15 is 0 Å². The van der Waals surface area contributed by atoms with Crippen molar-refractivity contribution in [2.75, 3.05) is 18.0 Å². The largest absolute Gasteiger partial charge is 0.481 e. The van der Waals surface area contributed by atoms with Gasteiger partial charge in [0.2, 0.25) is 0 Å². The van der Waals surface area contributed by atoms with Crippen LogP contribution in [0, 0.1) is 0 Å². The van der Waals surface area contributed by atoms with Crippen LogP contribution in [0.3, 0.4) is 0 Å². The van der Waals surface area contributed by atoms with Crippen molar-refractivity contribution < 1.29 is 9.90 Å². The van der Waals surface area contributed by atoms with E-state index in [-0.39, 0.29) is 11.6 Å². The molecule has 7 nitrogen and oxygen atoms in total. The minimum Gasteiger partial charge on any atom is -0.481 e. The molecule has 1 aromatic heterocycles. The zero-order valence-electron chi connectivity index (χ0n) is 19.0. The first kappa shape index (κ1) is 24.7. The fraction of sp³-hybridized carbons (Fsp3) is 0.231. The van der Waals surface area contributed by atoms with E-state index in [9.17, 15) is 9.90 Å². The average molecular weight is 510 g/mol. The topological polar surface area (TPSA) is 105 Å². The summed E-state index contributed by atoms with van der Waals surface area (Å²) in [4.78, 5) is 26.9. The van der Waals surface area contributed by atoms with Crippen LogP contribution in [0.1, 0.15) is 35.4 Å². The highest BCUT2D eigenvalue weighted by atomic mass is 35.5. The molecular formula is C26H25Cl2N5O2. The van der Waals surface area contributed by atoms with Crippen LogP contribution in [0.15, 0.2) is 59.6 Å². The molecule has 35 heavy (non-hydrogen) atoms. The van der Waals surface area contributed by atoms with Crippen LogP contribution in [0.2, 0.25) is 10.2 Å². The maximum absolute atomic E-state index is 11.3. The summed E-state index contributed by atoms with van der Waals surface area (Å²) in [5.74, 6) is 0.600. The number of aromatic nitrogens is 2. The number of carboxylic acid groups (broad SMARTS) is 1. The van der Waals surface area contributed by atoms with E-state index in [2.05, 4.69) is 14.9 Å². The lowest BCUT2D eigenvalue weighted by molar-refractivity contribution is -0.136. The van der Waals surface area contributed by atoms with E-state index in [0.717, 1.165) is 42.7 Å². The average Bonchev–Trinajstić information content (AvgIpc) is 3.36. The molecule has 2 aromatic carbocycles. The van der Waals surface area contributed by atoms with E-state index < -0.39 is 5.97 Å². The van der Waals surface area contributed by atoms with Crippen molar-refractivity contribution >= 4 is 52.6 Å².